The summed E-state index contributed by atoms with van der Waals surface area (Å²) < 4.78 is 0. The minimum absolute atomic E-state index is 0.0115. The number of ketones is 2. The first-order valence-electron chi connectivity index (χ1n) is 5.37. The van der Waals surface area contributed by atoms with Gasteiger partial charge in [0.2, 0.25) is 0 Å². The lowest BCUT2D eigenvalue weighted by Gasteiger charge is -2.27. The first-order chi connectivity index (χ1) is 6.55. The highest BCUT2D eigenvalue weighted by Crippen LogP contribution is 2.42. The van der Waals surface area contributed by atoms with E-state index in [-0.39, 0.29) is 28.8 Å². The third-order valence-corrected chi connectivity index (χ3v) is 2.63. The number of rotatable bonds is 0. The van der Waals surface area contributed by atoms with Crippen LogP contribution in [0, 0.1) is 10.8 Å². The number of carbonyl (C=O) groups excluding carboxylic acids is 2. The topological polar surface area (TPSA) is 34.1 Å². The number of Topliss-reactive ketones (excluding diaryl/α,β-unsaturated/α-hetero) is 2. The molecule has 0 aliphatic heterocycles. The molecule has 0 heterocycles. The summed E-state index contributed by atoms with van der Waals surface area (Å²) in [6.07, 6.45) is 0.0687. The summed E-state index contributed by atoms with van der Waals surface area (Å²) in [5.74, 6) is 0.0230. The molecule has 0 atom stereocenters. The number of hydrogen-bond donors (Lipinski definition) is 0. The standard InChI is InChI=1S/C13H20O2/c1-12(2,3)10-8(14)7-9(15)11(10)13(4,5)6/h7H2,1-6H3. The van der Waals surface area contributed by atoms with Gasteiger partial charge in [0.25, 0.3) is 0 Å². The summed E-state index contributed by atoms with van der Waals surface area (Å²) in [6.45, 7) is 11.9. The van der Waals surface area contributed by atoms with Gasteiger partial charge in [-0.05, 0) is 10.8 Å². The van der Waals surface area contributed by atoms with Crippen LogP contribution in [0.25, 0.3) is 0 Å². The zero-order chi connectivity index (χ0) is 12.0. The lowest BCUT2D eigenvalue weighted by Crippen LogP contribution is -2.21. The largest absolute Gasteiger partial charge is 0.294 e. The molecule has 1 aliphatic carbocycles. The average Bonchev–Trinajstić information content (AvgIpc) is 2.22. The minimum Gasteiger partial charge on any atom is -0.294 e. The van der Waals surface area contributed by atoms with Gasteiger partial charge < -0.3 is 0 Å². The van der Waals surface area contributed by atoms with Crippen LogP contribution in [-0.2, 0) is 9.59 Å². The van der Waals surface area contributed by atoms with E-state index in [0.29, 0.717) is 0 Å². The van der Waals surface area contributed by atoms with Gasteiger partial charge in [0.05, 0.1) is 6.42 Å². The quantitative estimate of drug-likeness (QED) is 0.574. The summed E-state index contributed by atoms with van der Waals surface area (Å²) >= 11 is 0. The Bertz CT molecular complexity index is 312. The highest BCUT2D eigenvalue weighted by molar-refractivity contribution is 6.23. The van der Waals surface area contributed by atoms with Crippen molar-refractivity contribution < 1.29 is 9.59 Å². The van der Waals surface area contributed by atoms with Crippen molar-refractivity contribution >= 4 is 11.6 Å². The van der Waals surface area contributed by atoms with Crippen molar-refractivity contribution in [3.05, 3.63) is 11.1 Å². The summed E-state index contributed by atoms with van der Waals surface area (Å²) in [4.78, 5) is 23.6. The van der Waals surface area contributed by atoms with E-state index < -0.39 is 0 Å². The number of hydrogen-bond acceptors (Lipinski definition) is 2. The van der Waals surface area contributed by atoms with Crippen LogP contribution in [0.1, 0.15) is 48.0 Å². The molecule has 0 aromatic rings. The van der Waals surface area contributed by atoms with E-state index >= 15 is 0 Å². The second-order valence-electron chi connectivity index (χ2n) is 6.27. The molecule has 2 heteroatoms. The third kappa shape index (κ3) is 2.19. The third-order valence-electron chi connectivity index (χ3n) is 2.63. The second kappa shape index (κ2) is 3.29. The van der Waals surface area contributed by atoms with Gasteiger partial charge >= 0.3 is 0 Å². The summed E-state index contributed by atoms with van der Waals surface area (Å²) in [6, 6.07) is 0. The smallest absolute Gasteiger partial charge is 0.167 e. The highest BCUT2D eigenvalue weighted by atomic mass is 16.2. The van der Waals surface area contributed by atoms with Crippen LogP contribution in [0.5, 0.6) is 0 Å². The van der Waals surface area contributed by atoms with Crippen LogP contribution in [-0.4, -0.2) is 11.6 Å². The van der Waals surface area contributed by atoms with Crippen LogP contribution >= 0.6 is 0 Å². The molecule has 0 unspecified atom stereocenters. The van der Waals surface area contributed by atoms with Gasteiger partial charge in [0.15, 0.2) is 11.6 Å². The molecular weight excluding hydrogens is 188 g/mol. The molecule has 0 spiro atoms. The van der Waals surface area contributed by atoms with Crippen LogP contribution < -0.4 is 0 Å². The van der Waals surface area contributed by atoms with Crippen molar-refractivity contribution in [2.75, 3.05) is 0 Å². The van der Waals surface area contributed by atoms with Crippen molar-refractivity contribution in [2.24, 2.45) is 10.8 Å². The maximum absolute atomic E-state index is 11.8. The van der Waals surface area contributed by atoms with E-state index in [1.807, 2.05) is 41.5 Å². The molecule has 0 aromatic carbocycles. The average molecular weight is 208 g/mol. The SMILES string of the molecule is CC(C)(C)C1=C(C(C)(C)C)C(=O)CC1=O. The number of carbonyl (C=O) groups is 2. The molecule has 1 rings (SSSR count). The Balaban J connectivity index is 3.42. The van der Waals surface area contributed by atoms with Gasteiger partial charge in [0.1, 0.15) is 0 Å². The summed E-state index contributed by atoms with van der Waals surface area (Å²) in [5.41, 5.74) is 1.01. The Labute approximate surface area is 91.7 Å². The lowest BCUT2D eigenvalue weighted by molar-refractivity contribution is -0.121. The van der Waals surface area contributed by atoms with Crippen LogP contribution in [0.3, 0.4) is 0 Å². The molecule has 0 amide bonds. The monoisotopic (exact) mass is 208 g/mol. The Morgan fingerprint density at radius 1 is 0.733 bits per heavy atom. The van der Waals surface area contributed by atoms with Crippen molar-refractivity contribution in [2.45, 2.75) is 48.0 Å². The van der Waals surface area contributed by atoms with Gasteiger partial charge in [-0.25, -0.2) is 0 Å². The maximum atomic E-state index is 11.8. The van der Waals surface area contributed by atoms with E-state index in [1.54, 1.807) is 0 Å². The molecule has 0 N–H and O–H groups in total. The Hall–Kier alpha value is -0.920. The minimum atomic E-state index is -0.230. The van der Waals surface area contributed by atoms with Crippen LogP contribution in [0.4, 0.5) is 0 Å². The van der Waals surface area contributed by atoms with Gasteiger partial charge in [-0.3, -0.25) is 9.59 Å². The molecule has 0 radical (unpaired) electrons. The van der Waals surface area contributed by atoms with Gasteiger partial charge in [-0.1, -0.05) is 41.5 Å². The molecule has 0 saturated carbocycles. The zero-order valence-electron chi connectivity index (χ0n) is 10.5. The van der Waals surface area contributed by atoms with Crippen LogP contribution in [0.2, 0.25) is 0 Å². The van der Waals surface area contributed by atoms with Gasteiger partial charge in [-0.15, -0.1) is 0 Å². The molecule has 84 valence electrons. The highest BCUT2D eigenvalue weighted by Gasteiger charge is 2.41. The Morgan fingerprint density at radius 2 is 1.00 bits per heavy atom. The normalized spacial score (nSPS) is 19.1. The predicted molar refractivity (Wildman–Crippen MR) is 60.6 cm³/mol. The molecule has 15 heavy (non-hydrogen) atoms. The van der Waals surface area contributed by atoms with Crippen molar-refractivity contribution in [3.63, 3.8) is 0 Å². The Kier molecular flexibility index (Phi) is 2.67. The van der Waals surface area contributed by atoms with E-state index in [0.717, 1.165) is 11.1 Å². The summed E-state index contributed by atoms with van der Waals surface area (Å²) in [7, 11) is 0. The molecule has 0 saturated heterocycles. The fourth-order valence-corrected chi connectivity index (χ4v) is 2.19. The predicted octanol–water partition coefficient (Wildman–Crippen LogP) is 2.92. The van der Waals surface area contributed by atoms with E-state index in [2.05, 4.69) is 0 Å². The van der Waals surface area contributed by atoms with Gasteiger partial charge in [0, 0.05) is 11.1 Å². The number of allylic oxidation sites excluding steroid dienone is 2. The van der Waals surface area contributed by atoms with Crippen molar-refractivity contribution in [3.8, 4) is 0 Å². The fourth-order valence-electron chi connectivity index (χ4n) is 2.19. The molecule has 1 aliphatic rings. The molecule has 0 bridgehead atoms. The molecule has 2 nitrogen and oxygen atoms in total. The molecule has 0 fully saturated rings. The van der Waals surface area contributed by atoms with E-state index in [9.17, 15) is 9.59 Å². The molecule has 0 aromatic heterocycles. The molecular formula is C13H20O2. The zero-order valence-corrected chi connectivity index (χ0v) is 10.5. The van der Waals surface area contributed by atoms with Gasteiger partial charge in [-0.2, -0.15) is 0 Å². The first kappa shape index (κ1) is 12.2. The Morgan fingerprint density at radius 3 is 1.20 bits per heavy atom. The maximum Gasteiger partial charge on any atom is 0.167 e. The summed E-state index contributed by atoms with van der Waals surface area (Å²) in [5, 5.41) is 0. The first-order valence-corrected chi connectivity index (χ1v) is 5.37. The van der Waals surface area contributed by atoms with Crippen molar-refractivity contribution in [1.82, 2.24) is 0 Å². The second-order valence-corrected chi connectivity index (χ2v) is 6.27. The van der Waals surface area contributed by atoms with Crippen molar-refractivity contribution in [1.29, 1.82) is 0 Å². The lowest BCUT2D eigenvalue weighted by atomic mass is 9.76. The van der Waals surface area contributed by atoms with Crippen LogP contribution in [0.15, 0.2) is 11.1 Å². The fraction of sp³-hybridized carbons (Fsp3) is 0.692. The van der Waals surface area contributed by atoms with E-state index in [4.69, 9.17) is 0 Å². The van der Waals surface area contributed by atoms with E-state index in [1.165, 1.54) is 0 Å².